The third-order valence-electron chi connectivity index (χ3n) is 6.87. The molecule has 1 saturated carbocycles. The maximum atomic E-state index is 4.71. The van der Waals surface area contributed by atoms with Crippen LogP contribution in [0.25, 0.3) is 11.3 Å². The van der Waals surface area contributed by atoms with Crippen LogP contribution in [0, 0.1) is 12.3 Å². The van der Waals surface area contributed by atoms with E-state index in [1.54, 1.807) is 0 Å². The van der Waals surface area contributed by atoms with E-state index in [0.29, 0.717) is 5.92 Å². The van der Waals surface area contributed by atoms with E-state index in [2.05, 4.69) is 69.4 Å². The summed E-state index contributed by atoms with van der Waals surface area (Å²) >= 11 is 0. The number of fused-ring (bicyclic) bond motifs is 5. The highest BCUT2D eigenvalue weighted by Crippen LogP contribution is 2.67. The topological polar surface area (TPSA) is 43.6 Å². The first-order chi connectivity index (χ1) is 11.1. The summed E-state index contributed by atoms with van der Waals surface area (Å²) < 4.78 is 2.08. The number of rotatable bonds is 1. The predicted octanol–water partition coefficient (Wildman–Crippen LogP) is 4.58. The van der Waals surface area contributed by atoms with Gasteiger partial charge in [-0.25, -0.2) is 0 Å². The molecule has 2 atom stereocenters. The molecule has 0 amide bonds. The average Bonchev–Trinajstić information content (AvgIpc) is 3.03. The van der Waals surface area contributed by atoms with Crippen LogP contribution in [-0.4, -0.2) is 20.0 Å². The zero-order valence-corrected chi connectivity index (χ0v) is 15.9. The number of nitrogens with zero attached hydrogens (tertiary/aromatic N) is 4. The van der Waals surface area contributed by atoms with Crippen LogP contribution in [0.2, 0.25) is 0 Å². The quantitative estimate of drug-likeness (QED) is 0.771. The molecule has 0 N–H and O–H groups in total. The largest absolute Gasteiger partial charge is 0.264 e. The van der Waals surface area contributed by atoms with Crippen molar-refractivity contribution in [1.29, 1.82) is 0 Å². The summed E-state index contributed by atoms with van der Waals surface area (Å²) in [4.78, 5) is 0. The van der Waals surface area contributed by atoms with Crippen LogP contribution in [0.4, 0.5) is 0 Å². The van der Waals surface area contributed by atoms with Crippen LogP contribution in [-0.2, 0) is 11.0 Å². The Balaban J connectivity index is 1.83. The Labute approximate surface area is 144 Å². The van der Waals surface area contributed by atoms with Crippen molar-refractivity contribution in [3.8, 4) is 11.3 Å². The first-order valence-corrected chi connectivity index (χ1v) is 9.01. The summed E-state index contributed by atoms with van der Waals surface area (Å²) in [5.41, 5.74) is 6.29. The fourth-order valence-corrected chi connectivity index (χ4v) is 5.04. The Kier molecular flexibility index (Phi) is 2.94. The van der Waals surface area contributed by atoms with Gasteiger partial charge in [-0.2, -0.15) is 15.3 Å². The van der Waals surface area contributed by atoms with E-state index >= 15 is 0 Å². The zero-order chi connectivity index (χ0) is 17.5. The highest BCUT2D eigenvalue weighted by Gasteiger charge is 2.60. The van der Waals surface area contributed by atoms with Crippen LogP contribution in [0.1, 0.15) is 77.3 Å². The standard InChI is InChI=1S/C20H28N4/c1-12-14(11-21-24(12)18(2,3)4)16-10-13-15-8-9-20(7,19(15,5)6)17(13)23-22-16/h10-11,15H,8-9H2,1-7H3/t15-,20+/m0/s1. The molecule has 0 aromatic carbocycles. The van der Waals surface area contributed by atoms with E-state index < -0.39 is 0 Å². The number of hydrogen-bond acceptors (Lipinski definition) is 3. The van der Waals surface area contributed by atoms with Gasteiger partial charge in [0.2, 0.25) is 0 Å². The lowest BCUT2D eigenvalue weighted by Crippen LogP contribution is -2.32. The Bertz CT molecular complexity index is 825. The van der Waals surface area contributed by atoms with Gasteiger partial charge in [0.15, 0.2) is 0 Å². The highest BCUT2D eigenvalue weighted by molar-refractivity contribution is 5.63. The molecule has 2 aliphatic carbocycles. The minimum Gasteiger partial charge on any atom is -0.264 e. The Morgan fingerprint density at radius 1 is 1.17 bits per heavy atom. The summed E-state index contributed by atoms with van der Waals surface area (Å²) in [6.45, 7) is 15.8. The molecule has 2 bridgehead atoms. The number of aromatic nitrogens is 4. The Hall–Kier alpha value is -1.71. The van der Waals surface area contributed by atoms with Crippen LogP contribution >= 0.6 is 0 Å². The number of hydrogen-bond donors (Lipinski definition) is 0. The summed E-state index contributed by atoms with van der Waals surface area (Å²) in [5.74, 6) is 0.602. The van der Waals surface area contributed by atoms with E-state index in [9.17, 15) is 0 Å². The molecule has 2 aromatic rings. The van der Waals surface area contributed by atoms with Gasteiger partial charge in [0.1, 0.15) is 0 Å². The maximum Gasteiger partial charge on any atom is 0.0967 e. The molecule has 4 heteroatoms. The summed E-state index contributed by atoms with van der Waals surface area (Å²) in [6.07, 6.45) is 4.44. The van der Waals surface area contributed by atoms with E-state index in [-0.39, 0.29) is 16.4 Å². The zero-order valence-electron chi connectivity index (χ0n) is 15.9. The van der Waals surface area contributed by atoms with E-state index in [4.69, 9.17) is 5.10 Å². The van der Waals surface area contributed by atoms with Gasteiger partial charge >= 0.3 is 0 Å². The Morgan fingerprint density at radius 3 is 2.50 bits per heavy atom. The van der Waals surface area contributed by atoms with Gasteiger partial charge in [-0.1, -0.05) is 20.8 Å². The normalized spacial score (nSPS) is 27.5. The molecule has 0 spiro atoms. The molecule has 2 heterocycles. The van der Waals surface area contributed by atoms with Crippen molar-refractivity contribution in [3.05, 3.63) is 29.2 Å². The van der Waals surface area contributed by atoms with Gasteiger partial charge in [0.25, 0.3) is 0 Å². The molecule has 4 nitrogen and oxygen atoms in total. The van der Waals surface area contributed by atoms with Crippen molar-refractivity contribution >= 4 is 0 Å². The van der Waals surface area contributed by atoms with Crippen molar-refractivity contribution < 1.29 is 0 Å². The first kappa shape index (κ1) is 15.8. The summed E-state index contributed by atoms with van der Waals surface area (Å²) in [5, 5.41) is 13.9. The third kappa shape index (κ3) is 1.77. The molecule has 1 fully saturated rings. The van der Waals surface area contributed by atoms with Gasteiger partial charge in [-0.3, -0.25) is 4.68 Å². The van der Waals surface area contributed by atoms with Crippen molar-refractivity contribution in [2.75, 3.05) is 0 Å². The van der Waals surface area contributed by atoms with Crippen LogP contribution < -0.4 is 0 Å². The molecule has 2 aliphatic rings. The first-order valence-electron chi connectivity index (χ1n) is 9.01. The minimum absolute atomic E-state index is 0.0268. The highest BCUT2D eigenvalue weighted by atomic mass is 15.3. The third-order valence-corrected chi connectivity index (χ3v) is 6.87. The van der Waals surface area contributed by atoms with Gasteiger partial charge in [-0.15, -0.1) is 0 Å². The van der Waals surface area contributed by atoms with E-state index in [0.717, 1.165) is 17.0 Å². The minimum atomic E-state index is -0.0268. The molecule has 0 radical (unpaired) electrons. The van der Waals surface area contributed by atoms with Crippen LogP contribution in [0.5, 0.6) is 0 Å². The van der Waals surface area contributed by atoms with Crippen LogP contribution in [0.15, 0.2) is 12.3 Å². The predicted molar refractivity (Wildman–Crippen MR) is 96.1 cm³/mol. The van der Waals surface area contributed by atoms with Gasteiger partial charge in [0, 0.05) is 16.7 Å². The molecule has 0 aliphatic heterocycles. The molecular weight excluding hydrogens is 296 g/mol. The lowest BCUT2D eigenvalue weighted by molar-refractivity contribution is 0.226. The second-order valence-electron chi connectivity index (χ2n) is 9.40. The second-order valence-corrected chi connectivity index (χ2v) is 9.40. The van der Waals surface area contributed by atoms with E-state index in [1.807, 2.05) is 6.20 Å². The van der Waals surface area contributed by atoms with Crippen LogP contribution in [0.3, 0.4) is 0 Å². The molecule has 4 rings (SSSR count). The van der Waals surface area contributed by atoms with Gasteiger partial charge < -0.3 is 0 Å². The molecule has 0 unspecified atom stereocenters. The van der Waals surface area contributed by atoms with Crippen molar-refractivity contribution in [2.45, 2.75) is 78.2 Å². The van der Waals surface area contributed by atoms with Crippen molar-refractivity contribution in [3.63, 3.8) is 0 Å². The van der Waals surface area contributed by atoms with Crippen molar-refractivity contribution in [2.24, 2.45) is 5.41 Å². The summed E-state index contributed by atoms with van der Waals surface area (Å²) in [6, 6.07) is 2.29. The molecule has 128 valence electrons. The molecular formula is C20H28N4. The van der Waals surface area contributed by atoms with Gasteiger partial charge in [-0.05, 0) is 63.5 Å². The molecule has 0 saturated heterocycles. The smallest absolute Gasteiger partial charge is 0.0967 e. The average molecular weight is 324 g/mol. The van der Waals surface area contributed by atoms with Crippen molar-refractivity contribution in [1.82, 2.24) is 20.0 Å². The Morgan fingerprint density at radius 2 is 1.88 bits per heavy atom. The van der Waals surface area contributed by atoms with E-state index in [1.165, 1.54) is 24.1 Å². The second kappa shape index (κ2) is 4.47. The maximum absolute atomic E-state index is 4.71. The summed E-state index contributed by atoms with van der Waals surface area (Å²) in [7, 11) is 0. The molecule has 2 aromatic heterocycles. The SMILES string of the molecule is Cc1c(-c2cc3c(nn2)[C@@]2(C)CC[C@@H]3C2(C)C)cnn1C(C)(C)C. The van der Waals surface area contributed by atoms with Gasteiger partial charge in [0.05, 0.1) is 23.1 Å². The molecule has 24 heavy (non-hydrogen) atoms. The fourth-order valence-electron chi connectivity index (χ4n) is 5.04. The fraction of sp³-hybridized carbons (Fsp3) is 0.650. The lowest BCUT2D eigenvalue weighted by Gasteiger charge is -2.33. The monoisotopic (exact) mass is 324 g/mol. The lowest BCUT2D eigenvalue weighted by atomic mass is 9.70.